The predicted octanol–water partition coefficient (Wildman–Crippen LogP) is 8.82. The van der Waals surface area contributed by atoms with Crippen LogP contribution in [0.15, 0.2) is 90.1 Å². The van der Waals surface area contributed by atoms with E-state index in [9.17, 15) is 18.0 Å². The van der Waals surface area contributed by atoms with Gasteiger partial charge < -0.3 is 28.5 Å². The van der Waals surface area contributed by atoms with Gasteiger partial charge in [0.05, 0.1) is 36.0 Å². The third-order valence-electron chi connectivity index (χ3n) is 8.83. The van der Waals surface area contributed by atoms with Crippen LogP contribution in [-0.4, -0.2) is 74.4 Å². The van der Waals surface area contributed by atoms with Gasteiger partial charge in [0.25, 0.3) is 0 Å². The second kappa shape index (κ2) is 17.4. The Hall–Kier alpha value is -3.39. The number of hydrogen-bond acceptors (Lipinski definition) is 9. The van der Waals surface area contributed by atoms with E-state index in [4.69, 9.17) is 18.7 Å². The van der Waals surface area contributed by atoms with Gasteiger partial charge in [-0.05, 0) is 55.4 Å². The fourth-order valence-electron chi connectivity index (χ4n) is 6.32. The van der Waals surface area contributed by atoms with Gasteiger partial charge in [-0.25, -0.2) is 4.79 Å². The van der Waals surface area contributed by atoms with E-state index >= 15 is 0 Å². The molecule has 0 bridgehead atoms. The van der Waals surface area contributed by atoms with E-state index in [1.54, 1.807) is 25.3 Å². The summed E-state index contributed by atoms with van der Waals surface area (Å²) in [5, 5.41) is 10.8. The number of ether oxygens (including phenoxy) is 1. The average molecular weight is 769 g/mol. The van der Waals surface area contributed by atoms with Crippen LogP contribution in [0, 0.1) is 0 Å². The van der Waals surface area contributed by atoms with E-state index in [1.165, 1.54) is 30.0 Å². The number of fused-ring (bicyclic) bond motifs is 4. The van der Waals surface area contributed by atoms with E-state index in [0.717, 1.165) is 76.9 Å². The molecule has 0 amide bonds. The van der Waals surface area contributed by atoms with Crippen molar-refractivity contribution in [2.24, 2.45) is 0 Å². The third-order valence-corrected chi connectivity index (χ3v) is 9.96. The van der Waals surface area contributed by atoms with Crippen LogP contribution in [0.3, 0.4) is 0 Å². The number of aliphatic hydroxyl groups excluding tert-OH is 1. The van der Waals surface area contributed by atoms with Gasteiger partial charge in [-0.1, -0.05) is 37.7 Å². The number of halogens is 5. The van der Waals surface area contributed by atoms with E-state index in [1.807, 2.05) is 49.1 Å². The van der Waals surface area contributed by atoms with Gasteiger partial charge in [-0.3, -0.25) is 4.90 Å². The minimum atomic E-state index is -4.35. The van der Waals surface area contributed by atoms with Crippen LogP contribution in [-0.2, 0) is 6.18 Å². The number of hydrogen-bond donors (Lipinski definition) is 1. The molecule has 1 fully saturated rings. The molecule has 4 heterocycles. The SMILES string of the molecule is COc1c(C(C)C)oc2cc3oc(=O)ccc3cc12.Cl.Cl.OCCN1CCN(CCCN2c3ccccc3Sc3ccc(C(F)(F)F)cc32)CC1. The Morgan fingerprint density at radius 3 is 2.20 bits per heavy atom. The van der Waals surface area contributed by atoms with Crippen molar-refractivity contribution in [3.8, 4) is 5.75 Å². The van der Waals surface area contributed by atoms with Crippen LogP contribution in [0.2, 0.25) is 0 Å². The van der Waals surface area contributed by atoms with Crippen molar-refractivity contribution >= 4 is 69.9 Å². The number of benzene rings is 3. The Morgan fingerprint density at radius 2 is 1.53 bits per heavy atom. The number of piperazine rings is 1. The number of aliphatic hydroxyl groups is 1. The molecule has 1 N–H and O–H groups in total. The first-order valence-electron chi connectivity index (χ1n) is 16.4. The van der Waals surface area contributed by atoms with Gasteiger partial charge in [0.2, 0.25) is 0 Å². The Morgan fingerprint density at radius 1 is 0.843 bits per heavy atom. The van der Waals surface area contributed by atoms with E-state index in [-0.39, 0.29) is 43.0 Å². The smallest absolute Gasteiger partial charge is 0.416 e. The molecule has 0 spiro atoms. The van der Waals surface area contributed by atoms with Crippen LogP contribution in [0.4, 0.5) is 24.5 Å². The molecular formula is C37H42Cl2F3N3O5S. The number of methoxy groups -OCH3 is 1. The summed E-state index contributed by atoms with van der Waals surface area (Å²) in [6.45, 7) is 10.4. The van der Waals surface area contributed by atoms with Crippen molar-refractivity contribution in [3.05, 3.63) is 88.5 Å². The first kappa shape index (κ1) is 40.4. The molecule has 14 heteroatoms. The normalized spacial score (nSPS) is 14.7. The topological polar surface area (TPSA) is 82.5 Å². The minimum absolute atomic E-state index is 0. The third kappa shape index (κ3) is 9.16. The number of rotatable bonds is 8. The van der Waals surface area contributed by atoms with Gasteiger partial charge >= 0.3 is 11.8 Å². The maximum atomic E-state index is 13.3. The molecule has 2 aromatic heterocycles. The Balaban J connectivity index is 0.000000241. The van der Waals surface area contributed by atoms with E-state index in [0.29, 0.717) is 29.9 Å². The van der Waals surface area contributed by atoms with Crippen LogP contribution >= 0.6 is 36.6 Å². The van der Waals surface area contributed by atoms with Gasteiger partial charge in [-0.2, -0.15) is 13.2 Å². The number of anilines is 2. The molecule has 0 unspecified atom stereocenters. The van der Waals surface area contributed by atoms with Crippen molar-refractivity contribution in [1.29, 1.82) is 0 Å². The number of β-amino-alcohol motifs (C(OH)–C–C–N with tert-alkyl or cyclic N) is 1. The molecule has 0 saturated carbocycles. The minimum Gasteiger partial charge on any atom is -0.492 e. The van der Waals surface area contributed by atoms with Crippen molar-refractivity contribution in [3.63, 3.8) is 0 Å². The van der Waals surface area contributed by atoms with Gasteiger partial charge in [-0.15, -0.1) is 24.8 Å². The van der Waals surface area contributed by atoms with Crippen LogP contribution in [0.5, 0.6) is 5.75 Å². The molecule has 7 rings (SSSR count). The highest BCUT2D eigenvalue weighted by atomic mass is 35.5. The average Bonchev–Trinajstić information content (AvgIpc) is 3.45. The highest BCUT2D eigenvalue weighted by Crippen LogP contribution is 2.49. The lowest BCUT2D eigenvalue weighted by atomic mass is 10.1. The Bertz CT molecular complexity index is 1980. The molecule has 276 valence electrons. The molecule has 1 saturated heterocycles. The summed E-state index contributed by atoms with van der Waals surface area (Å²) in [5.74, 6) is 1.77. The van der Waals surface area contributed by atoms with E-state index in [2.05, 4.69) is 9.80 Å². The molecule has 0 radical (unpaired) electrons. The highest BCUT2D eigenvalue weighted by Gasteiger charge is 2.33. The number of para-hydroxylation sites is 1. The van der Waals surface area contributed by atoms with E-state index < -0.39 is 11.7 Å². The maximum absolute atomic E-state index is 13.3. The molecular weight excluding hydrogens is 726 g/mol. The quantitative estimate of drug-likeness (QED) is 0.156. The Kier molecular flexibility index (Phi) is 13.8. The van der Waals surface area contributed by atoms with Gasteiger partial charge in [0.15, 0.2) is 5.75 Å². The van der Waals surface area contributed by atoms with Crippen LogP contribution in [0.1, 0.15) is 37.5 Å². The molecule has 2 aliphatic rings. The molecule has 0 aliphatic carbocycles. The molecule has 8 nitrogen and oxygen atoms in total. The lowest BCUT2D eigenvalue weighted by Gasteiger charge is -2.36. The van der Waals surface area contributed by atoms with Gasteiger partial charge in [0.1, 0.15) is 16.9 Å². The van der Waals surface area contributed by atoms with Gasteiger partial charge in [0, 0.05) is 72.5 Å². The summed E-state index contributed by atoms with van der Waals surface area (Å²) in [6.07, 6.45) is -3.48. The Labute approximate surface area is 311 Å². The summed E-state index contributed by atoms with van der Waals surface area (Å²) in [6, 6.07) is 18.7. The number of alkyl halides is 3. The summed E-state index contributed by atoms with van der Waals surface area (Å²) < 4.78 is 56.3. The lowest BCUT2D eigenvalue weighted by molar-refractivity contribution is -0.137. The highest BCUT2D eigenvalue weighted by molar-refractivity contribution is 7.99. The fourth-order valence-corrected chi connectivity index (χ4v) is 7.40. The van der Waals surface area contributed by atoms with Crippen molar-refractivity contribution in [1.82, 2.24) is 9.80 Å². The zero-order valence-corrected chi connectivity index (χ0v) is 31.0. The second-order valence-corrected chi connectivity index (χ2v) is 13.5. The fraction of sp³-hybridized carbons (Fsp3) is 0.378. The largest absolute Gasteiger partial charge is 0.492 e. The molecule has 5 aromatic rings. The second-order valence-electron chi connectivity index (χ2n) is 12.5. The van der Waals surface area contributed by atoms with Crippen molar-refractivity contribution in [2.45, 2.75) is 42.2 Å². The zero-order chi connectivity index (χ0) is 34.7. The predicted molar refractivity (Wildman–Crippen MR) is 201 cm³/mol. The van der Waals surface area contributed by atoms with Crippen molar-refractivity contribution in [2.75, 3.05) is 64.4 Å². The molecule has 51 heavy (non-hydrogen) atoms. The summed E-state index contributed by atoms with van der Waals surface area (Å²) in [5.41, 5.74) is 1.83. The molecule has 0 atom stereocenters. The van der Waals surface area contributed by atoms with Crippen LogP contribution < -0.4 is 15.3 Å². The molecule has 2 aliphatic heterocycles. The standard InChI is InChI=1S/C22H26F3N3OS.C15H14O4.2ClH/c23-22(24,25)17-6-7-21-19(16-17)28(18-4-1-2-5-20(18)30-21)9-3-8-26-10-12-27(13-11-26)14-15-29;1-8(2)14-15(17-3)10-6-9-4-5-13(16)18-11(9)7-12(10)19-14;;/h1-2,4-7,16,29H,3,8-15H2;4-8H,1-3H3;2*1H. The maximum Gasteiger partial charge on any atom is 0.416 e. The first-order chi connectivity index (χ1) is 23.5. The van der Waals surface area contributed by atoms with Crippen LogP contribution in [0.25, 0.3) is 21.9 Å². The van der Waals surface area contributed by atoms with Crippen molar-refractivity contribution < 1.29 is 31.8 Å². The summed E-state index contributed by atoms with van der Waals surface area (Å²) in [7, 11) is 1.63. The lowest BCUT2D eigenvalue weighted by Crippen LogP contribution is -2.47. The summed E-state index contributed by atoms with van der Waals surface area (Å²) >= 11 is 1.53. The summed E-state index contributed by atoms with van der Waals surface area (Å²) in [4.78, 5) is 19.9. The number of nitrogens with zero attached hydrogens (tertiary/aromatic N) is 3. The monoisotopic (exact) mass is 767 g/mol. The zero-order valence-electron chi connectivity index (χ0n) is 28.6. The number of furan rings is 1. The molecule has 3 aromatic carbocycles. The first-order valence-corrected chi connectivity index (χ1v) is 17.2.